The van der Waals surface area contributed by atoms with E-state index in [2.05, 4.69) is 25.4 Å². The van der Waals surface area contributed by atoms with Crippen LogP contribution in [0.2, 0.25) is 5.15 Å². The van der Waals surface area contributed by atoms with Crippen molar-refractivity contribution in [2.24, 2.45) is 0 Å². The fraction of sp³-hybridized carbons (Fsp3) is 0.273. The molecule has 2 amide bonds. The van der Waals surface area contributed by atoms with Gasteiger partial charge >= 0.3 is 0 Å². The van der Waals surface area contributed by atoms with Crippen molar-refractivity contribution in [3.05, 3.63) is 52.8 Å². The summed E-state index contributed by atoms with van der Waals surface area (Å²) in [6.07, 6.45) is 4.53. The number of hydrogen-bond donors (Lipinski definition) is 2. The average Bonchev–Trinajstić information content (AvgIpc) is 3.53. The summed E-state index contributed by atoms with van der Waals surface area (Å²) < 4.78 is 6.85. The molecule has 0 aliphatic carbocycles. The van der Waals surface area contributed by atoms with E-state index < -0.39 is 12.0 Å². The van der Waals surface area contributed by atoms with Crippen molar-refractivity contribution in [3.8, 4) is 16.9 Å². The van der Waals surface area contributed by atoms with Crippen LogP contribution in [-0.4, -0.2) is 72.7 Å². The first kappa shape index (κ1) is 23.1. The van der Waals surface area contributed by atoms with Gasteiger partial charge in [-0.05, 0) is 25.5 Å². The molecule has 180 valence electrons. The highest BCUT2D eigenvalue weighted by Crippen LogP contribution is 2.34. The number of carbonyl (C=O) groups excluding carboxylic acids is 2. The Balaban J connectivity index is 1.40. The van der Waals surface area contributed by atoms with Crippen LogP contribution in [0, 0.1) is 6.92 Å². The van der Waals surface area contributed by atoms with E-state index in [1.54, 1.807) is 17.0 Å². The molecular weight excluding hydrogens is 494 g/mol. The highest BCUT2D eigenvalue weighted by molar-refractivity contribution is 7.20. The van der Waals surface area contributed by atoms with E-state index in [1.807, 2.05) is 6.92 Å². The summed E-state index contributed by atoms with van der Waals surface area (Å²) in [7, 11) is 1.51. The van der Waals surface area contributed by atoms with Gasteiger partial charge in [-0.25, -0.2) is 14.5 Å². The van der Waals surface area contributed by atoms with Gasteiger partial charge in [0.2, 0.25) is 10.1 Å². The van der Waals surface area contributed by atoms with E-state index in [1.165, 1.54) is 30.2 Å². The number of pyridine rings is 2. The van der Waals surface area contributed by atoms with Gasteiger partial charge in [0.15, 0.2) is 0 Å². The second-order valence-electron chi connectivity index (χ2n) is 7.99. The van der Waals surface area contributed by atoms with Gasteiger partial charge in [0.05, 0.1) is 31.2 Å². The third-order valence-corrected chi connectivity index (χ3v) is 6.61. The number of nitrogens with zero attached hydrogens (tertiary/aromatic N) is 6. The van der Waals surface area contributed by atoms with Crippen LogP contribution in [0.5, 0.6) is 5.75 Å². The number of likely N-dealkylation sites (tertiary alicyclic amines) is 1. The number of β-amino-alcohol motifs (C(OH)–C–C–N with tert-alkyl or cyclic N) is 1. The van der Waals surface area contributed by atoms with Gasteiger partial charge in [0.1, 0.15) is 16.6 Å². The quantitative estimate of drug-likeness (QED) is 0.389. The minimum Gasteiger partial charge on any atom is -0.494 e. The second-order valence-corrected chi connectivity index (χ2v) is 9.33. The molecule has 1 aliphatic heterocycles. The predicted molar refractivity (Wildman–Crippen MR) is 129 cm³/mol. The summed E-state index contributed by atoms with van der Waals surface area (Å²) in [6, 6.07) is 3.40. The van der Waals surface area contributed by atoms with E-state index in [9.17, 15) is 14.7 Å². The number of rotatable bonds is 5. The molecule has 35 heavy (non-hydrogen) atoms. The molecule has 0 bridgehead atoms. The van der Waals surface area contributed by atoms with Crippen LogP contribution in [0.1, 0.15) is 33.0 Å². The molecule has 0 saturated carbocycles. The van der Waals surface area contributed by atoms with Crippen LogP contribution in [-0.2, 0) is 0 Å². The zero-order valence-electron chi connectivity index (χ0n) is 18.7. The maximum atomic E-state index is 13.2. The maximum Gasteiger partial charge on any atom is 0.274 e. The van der Waals surface area contributed by atoms with Gasteiger partial charge < -0.3 is 14.7 Å². The zero-order chi connectivity index (χ0) is 24.7. The standard InChI is InChI=1S/C22H20ClN7O4S/c1-11-5-13(14-6-18(23)25-8-17(14)34-2)15(7-24-11)19(32)27-21-28-30-10-16(26-22(30)35-21)20(33)29-4-3-12(31)9-29/h5-8,10,12,31H,3-4,9H2,1-2H3,(H,27,28,32)/t12-/m0/s1. The third-order valence-electron chi connectivity index (χ3n) is 5.56. The van der Waals surface area contributed by atoms with Crippen LogP contribution in [0.4, 0.5) is 5.13 Å². The summed E-state index contributed by atoms with van der Waals surface area (Å²) in [4.78, 5) is 40.4. The van der Waals surface area contributed by atoms with E-state index in [4.69, 9.17) is 16.3 Å². The van der Waals surface area contributed by atoms with Crippen LogP contribution in [0.15, 0.2) is 30.7 Å². The third kappa shape index (κ3) is 4.55. The lowest BCUT2D eigenvalue weighted by Crippen LogP contribution is -2.29. The number of aryl methyl sites for hydroxylation is 1. The minimum absolute atomic E-state index is 0.238. The smallest absolute Gasteiger partial charge is 0.274 e. The average molecular weight is 514 g/mol. The molecule has 11 nitrogen and oxygen atoms in total. The lowest BCUT2D eigenvalue weighted by molar-refractivity contribution is 0.0759. The molecule has 5 heterocycles. The molecule has 5 rings (SSSR count). The summed E-state index contributed by atoms with van der Waals surface area (Å²) >= 11 is 7.23. The van der Waals surface area contributed by atoms with Gasteiger partial charge in [-0.1, -0.05) is 22.9 Å². The highest BCUT2D eigenvalue weighted by atomic mass is 35.5. The number of anilines is 1. The number of fused-ring (bicyclic) bond motifs is 1. The Kier molecular flexibility index (Phi) is 6.09. The number of aliphatic hydroxyl groups is 1. The molecule has 4 aromatic heterocycles. The van der Waals surface area contributed by atoms with Crippen LogP contribution in [0.25, 0.3) is 16.1 Å². The first-order chi connectivity index (χ1) is 16.8. The molecule has 13 heteroatoms. The Labute approximate surface area is 208 Å². The number of amides is 2. The molecule has 0 unspecified atom stereocenters. The number of imidazole rings is 1. The fourth-order valence-corrected chi connectivity index (χ4v) is 4.79. The van der Waals surface area contributed by atoms with Crippen LogP contribution < -0.4 is 10.1 Å². The van der Waals surface area contributed by atoms with Gasteiger partial charge in [-0.15, -0.1) is 5.10 Å². The van der Waals surface area contributed by atoms with E-state index >= 15 is 0 Å². The van der Waals surface area contributed by atoms with Crippen molar-refractivity contribution in [1.29, 1.82) is 0 Å². The number of carbonyl (C=O) groups is 2. The Hall–Kier alpha value is -3.61. The van der Waals surface area contributed by atoms with E-state index in [0.29, 0.717) is 57.7 Å². The summed E-state index contributed by atoms with van der Waals surface area (Å²) in [5, 5.41) is 17.3. The number of ether oxygens (including phenoxy) is 1. The Morgan fingerprint density at radius 3 is 2.80 bits per heavy atom. The van der Waals surface area contributed by atoms with Crippen molar-refractivity contribution in [3.63, 3.8) is 0 Å². The van der Waals surface area contributed by atoms with Crippen molar-refractivity contribution in [2.75, 3.05) is 25.5 Å². The molecule has 1 atom stereocenters. The number of aromatic nitrogens is 5. The molecule has 0 spiro atoms. The molecule has 0 aromatic carbocycles. The zero-order valence-corrected chi connectivity index (χ0v) is 20.3. The normalized spacial score (nSPS) is 15.5. The Bertz CT molecular complexity index is 1420. The van der Waals surface area contributed by atoms with Crippen molar-refractivity contribution >= 4 is 44.8 Å². The minimum atomic E-state index is -0.507. The maximum absolute atomic E-state index is 13.2. The summed E-state index contributed by atoms with van der Waals surface area (Å²) in [5.74, 6) is -0.225. The van der Waals surface area contributed by atoms with Gasteiger partial charge in [-0.3, -0.25) is 19.9 Å². The number of hydrogen-bond acceptors (Lipinski definition) is 9. The predicted octanol–water partition coefficient (Wildman–Crippen LogP) is 2.68. The topological polar surface area (TPSA) is 135 Å². The number of halogens is 1. The number of aliphatic hydroxyl groups excluding tert-OH is 1. The lowest BCUT2D eigenvalue weighted by Gasteiger charge is -2.13. The SMILES string of the molecule is COc1cnc(Cl)cc1-c1cc(C)ncc1C(=O)Nc1nn2cc(C(=O)N3CC[C@H](O)C3)nc2s1. The lowest BCUT2D eigenvalue weighted by atomic mass is 10.0. The molecule has 4 aromatic rings. The first-order valence-corrected chi connectivity index (χ1v) is 11.8. The molecule has 1 fully saturated rings. The van der Waals surface area contributed by atoms with Gasteiger partial charge in [0, 0.05) is 36.1 Å². The fourth-order valence-electron chi connectivity index (χ4n) is 3.86. The molecule has 1 saturated heterocycles. The van der Waals surface area contributed by atoms with Crippen molar-refractivity contribution < 1.29 is 19.4 Å². The Morgan fingerprint density at radius 2 is 2.09 bits per heavy atom. The molecule has 0 radical (unpaired) electrons. The van der Waals surface area contributed by atoms with Crippen molar-refractivity contribution in [1.82, 2.24) is 29.5 Å². The summed E-state index contributed by atoms with van der Waals surface area (Å²) in [5.41, 5.74) is 2.43. The Morgan fingerprint density at radius 1 is 1.26 bits per heavy atom. The van der Waals surface area contributed by atoms with Crippen molar-refractivity contribution in [2.45, 2.75) is 19.4 Å². The monoisotopic (exact) mass is 513 g/mol. The van der Waals surface area contributed by atoms with E-state index in [-0.39, 0.29) is 16.8 Å². The number of nitrogens with one attached hydrogen (secondary N) is 1. The molecule has 2 N–H and O–H groups in total. The van der Waals surface area contributed by atoms with Gasteiger partial charge in [0.25, 0.3) is 11.8 Å². The number of methoxy groups -OCH3 is 1. The first-order valence-electron chi connectivity index (χ1n) is 10.6. The molecular formula is C22H20ClN7O4S. The van der Waals surface area contributed by atoms with Crippen LogP contribution >= 0.6 is 22.9 Å². The second kappa shape index (κ2) is 9.21. The van der Waals surface area contributed by atoms with E-state index in [0.717, 1.165) is 11.3 Å². The summed E-state index contributed by atoms with van der Waals surface area (Å²) in [6.45, 7) is 2.59. The largest absolute Gasteiger partial charge is 0.494 e. The van der Waals surface area contributed by atoms with Gasteiger partial charge in [-0.2, -0.15) is 0 Å². The van der Waals surface area contributed by atoms with Crippen LogP contribution in [0.3, 0.4) is 0 Å². The highest BCUT2D eigenvalue weighted by Gasteiger charge is 2.27. The molecule has 1 aliphatic rings.